The van der Waals surface area contributed by atoms with Gasteiger partial charge < -0.3 is 11.1 Å². The normalized spacial score (nSPS) is 11.1. The molecule has 4 aromatic rings. The maximum Gasteiger partial charge on any atom is 0.262 e. The average molecular weight is 361 g/mol. The number of aromatic nitrogens is 5. The SMILES string of the molecule is Cc1cc(NC(=O)c2cnn3ccc(N)nc23)n(-c2c(C)cccc2C)n1. The highest BCUT2D eigenvalue weighted by Gasteiger charge is 2.18. The van der Waals surface area contributed by atoms with E-state index in [0.29, 0.717) is 22.8 Å². The van der Waals surface area contributed by atoms with Gasteiger partial charge in [-0.25, -0.2) is 14.2 Å². The molecule has 1 aromatic carbocycles. The van der Waals surface area contributed by atoms with E-state index < -0.39 is 0 Å². The largest absolute Gasteiger partial charge is 0.384 e. The molecule has 3 heterocycles. The molecule has 136 valence electrons. The molecule has 0 radical (unpaired) electrons. The standard InChI is InChI=1S/C19H19N7O/c1-11-5-4-6-12(2)17(11)26-16(9-13(3)24-26)23-19(27)14-10-21-25-8-7-15(20)22-18(14)25/h4-10H,1-3H3,(H2,20,22)(H,23,27). The highest BCUT2D eigenvalue weighted by molar-refractivity contribution is 6.08. The van der Waals surface area contributed by atoms with Gasteiger partial charge in [-0.2, -0.15) is 10.2 Å². The van der Waals surface area contributed by atoms with E-state index in [1.165, 1.54) is 10.7 Å². The van der Waals surface area contributed by atoms with E-state index in [2.05, 4.69) is 20.5 Å². The second kappa shape index (κ2) is 6.24. The Labute approximate surface area is 155 Å². The smallest absolute Gasteiger partial charge is 0.262 e. The van der Waals surface area contributed by atoms with Crippen LogP contribution in [0.2, 0.25) is 0 Å². The first-order valence-corrected chi connectivity index (χ1v) is 8.48. The number of carbonyl (C=O) groups excluding carboxylic acids is 1. The Morgan fingerprint density at radius 2 is 1.89 bits per heavy atom. The predicted octanol–water partition coefficient (Wildman–Crippen LogP) is 2.67. The number of nitrogens with zero attached hydrogens (tertiary/aromatic N) is 5. The molecule has 8 heteroatoms. The summed E-state index contributed by atoms with van der Waals surface area (Å²) in [5.74, 6) is 0.585. The van der Waals surface area contributed by atoms with Crippen LogP contribution >= 0.6 is 0 Å². The number of fused-ring (bicyclic) bond motifs is 1. The van der Waals surface area contributed by atoms with Gasteiger partial charge in [-0.05, 0) is 38.0 Å². The van der Waals surface area contributed by atoms with E-state index in [-0.39, 0.29) is 5.91 Å². The molecule has 4 rings (SSSR count). The molecule has 1 amide bonds. The van der Waals surface area contributed by atoms with Gasteiger partial charge in [-0.3, -0.25) is 4.79 Å². The van der Waals surface area contributed by atoms with Crippen LogP contribution in [0.1, 0.15) is 27.2 Å². The second-order valence-electron chi connectivity index (χ2n) is 6.46. The summed E-state index contributed by atoms with van der Waals surface area (Å²) in [5.41, 5.74) is 10.4. The molecule has 8 nitrogen and oxygen atoms in total. The van der Waals surface area contributed by atoms with E-state index in [4.69, 9.17) is 5.73 Å². The third kappa shape index (κ3) is 2.91. The Balaban J connectivity index is 1.75. The highest BCUT2D eigenvalue weighted by Crippen LogP contribution is 2.24. The zero-order valence-electron chi connectivity index (χ0n) is 15.3. The van der Waals surface area contributed by atoms with Gasteiger partial charge in [0, 0.05) is 12.3 Å². The summed E-state index contributed by atoms with van der Waals surface area (Å²) in [5, 5.41) is 11.6. The highest BCUT2D eigenvalue weighted by atomic mass is 16.1. The number of hydrogen-bond donors (Lipinski definition) is 2. The van der Waals surface area contributed by atoms with Crippen LogP contribution in [-0.2, 0) is 0 Å². The zero-order valence-corrected chi connectivity index (χ0v) is 15.3. The summed E-state index contributed by atoms with van der Waals surface area (Å²) in [6, 6.07) is 9.49. The Morgan fingerprint density at radius 1 is 1.15 bits per heavy atom. The predicted molar refractivity (Wildman–Crippen MR) is 103 cm³/mol. The number of aryl methyl sites for hydroxylation is 3. The van der Waals surface area contributed by atoms with Gasteiger partial charge in [-0.15, -0.1) is 0 Å². The van der Waals surface area contributed by atoms with Gasteiger partial charge in [0.15, 0.2) is 5.65 Å². The van der Waals surface area contributed by atoms with Gasteiger partial charge in [0.05, 0.1) is 17.6 Å². The van der Waals surface area contributed by atoms with Crippen molar-refractivity contribution in [1.29, 1.82) is 0 Å². The van der Waals surface area contributed by atoms with Crippen LogP contribution in [0, 0.1) is 20.8 Å². The number of carbonyl (C=O) groups is 1. The summed E-state index contributed by atoms with van der Waals surface area (Å²) in [6.07, 6.45) is 3.14. The van der Waals surface area contributed by atoms with Crippen LogP contribution in [0.15, 0.2) is 42.7 Å². The molecule has 0 saturated carbocycles. The quantitative estimate of drug-likeness (QED) is 0.584. The van der Waals surface area contributed by atoms with Gasteiger partial charge in [0.25, 0.3) is 5.91 Å². The van der Waals surface area contributed by atoms with Crippen LogP contribution in [0.3, 0.4) is 0 Å². The molecule has 0 aliphatic heterocycles. The van der Waals surface area contributed by atoms with Gasteiger partial charge in [0.2, 0.25) is 0 Å². The lowest BCUT2D eigenvalue weighted by Crippen LogP contribution is -2.16. The fraction of sp³-hybridized carbons (Fsp3) is 0.158. The number of nitrogens with two attached hydrogens (primary N) is 1. The van der Waals surface area contributed by atoms with Gasteiger partial charge in [-0.1, -0.05) is 18.2 Å². The third-order valence-electron chi connectivity index (χ3n) is 4.36. The van der Waals surface area contributed by atoms with Crippen LogP contribution < -0.4 is 11.1 Å². The fourth-order valence-electron chi connectivity index (χ4n) is 3.13. The Morgan fingerprint density at radius 3 is 2.63 bits per heavy atom. The van der Waals surface area contributed by atoms with Crippen molar-refractivity contribution < 1.29 is 4.79 Å². The molecule has 3 aromatic heterocycles. The summed E-state index contributed by atoms with van der Waals surface area (Å²) in [6.45, 7) is 5.92. The number of anilines is 2. The van der Waals surface area contributed by atoms with Crippen molar-refractivity contribution in [2.45, 2.75) is 20.8 Å². The lowest BCUT2D eigenvalue weighted by molar-refractivity contribution is 0.102. The molecule has 0 unspecified atom stereocenters. The van der Waals surface area contributed by atoms with Crippen molar-refractivity contribution in [3.63, 3.8) is 0 Å². The van der Waals surface area contributed by atoms with Gasteiger partial charge in [0.1, 0.15) is 17.2 Å². The third-order valence-corrected chi connectivity index (χ3v) is 4.36. The molecule has 0 fully saturated rings. The van der Waals surface area contributed by atoms with Crippen LogP contribution in [0.5, 0.6) is 0 Å². The number of amides is 1. The van der Waals surface area contributed by atoms with Crippen molar-refractivity contribution in [3.8, 4) is 5.69 Å². The van der Waals surface area contributed by atoms with Crippen LogP contribution in [0.25, 0.3) is 11.3 Å². The fourth-order valence-corrected chi connectivity index (χ4v) is 3.13. The number of para-hydroxylation sites is 1. The second-order valence-corrected chi connectivity index (χ2v) is 6.46. The number of hydrogen-bond acceptors (Lipinski definition) is 5. The first kappa shape index (κ1) is 16.8. The molecule has 0 bridgehead atoms. The topological polar surface area (TPSA) is 103 Å². The molecular formula is C19H19N7O. The minimum absolute atomic E-state index is 0.324. The number of benzene rings is 1. The van der Waals surface area contributed by atoms with Crippen molar-refractivity contribution in [2.75, 3.05) is 11.1 Å². The average Bonchev–Trinajstić information content (AvgIpc) is 3.18. The van der Waals surface area contributed by atoms with Crippen LogP contribution in [-0.4, -0.2) is 30.3 Å². The van der Waals surface area contributed by atoms with Gasteiger partial charge >= 0.3 is 0 Å². The number of nitrogens with one attached hydrogen (secondary N) is 1. The lowest BCUT2D eigenvalue weighted by atomic mass is 10.1. The first-order chi connectivity index (χ1) is 12.9. The molecule has 0 aliphatic rings. The molecule has 3 N–H and O–H groups in total. The van der Waals surface area contributed by atoms with Crippen molar-refractivity contribution in [1.82, 2.24) is 24.4 Å². The summed E-state index contributed by atoms with van der Waals surface area (Å²) in [4.78, 5) is 17.1. The lowest BCUT2D eigenvalue weighted by Gasteiger charge is -2.13. The monoisotopic (exact) mass is 361 g/mol. The van der Waals surface area contributed by atoms with Crippen molar-refractivity contribution in [3.05, 3.63) is 65.1 Å². The maximum absolute atomic E-state index is 12.9. The van der Waals surface area contributed by atoms with E-state index >= 15 is 0 Å². The molecule has 0 saturated heterocycles. The molecule has 0 aliphatic carbocycles. The van der Waals surface area contributed by atoms with E-state index in [1.807, 2.05) is 45.0 Å². The van der Waals surface area contributed by atoms with E-state index in [0.717, 1.165) is 22.5 Å². The maximum atomic E-state index is 12.9. The van der Waals surface area contributed by atoms with E-state index in [9.17, 15) is 4.79 Å². The number of nitrogen functional groups attached to an aromatic ring is 1. The van der Waals surface area contributed by atoms with Crippen molar-refractivity contribution in [2.24, 2.45) is 0 Å². The summed E-state index contributed by atoms with van der Waals surface area (Å²) < 4.78 is 3.27. The van der Waals surface area contributed by atoms with Crippen LogP contribution in [0.4, 0.5) is 11.6 Å². The molecule has 0 spiro atoms. The zero-order chi connectivity index (χ0) is 19.1. The van der Waals surface area contributed by atoms with Crippen molar-refractivity contribution >= 4 is 23.2 Å². The molecule has 0 atom stereocenters. The first-order valence-electron chi connectivity index (χ1n) is 8.48. The molecular weight excluding hydrogens is 342 g/mol. The summed E-state index contributed by atoms with van der Waals surface area (Å²) >= 11 is 0. The Bertz CT molecular complexity index is 1150. The molecule has 27 heavy (non-hydrogen) atoms. The Kier molecular flexibility index (Phi) is 3.88. The Hall–Kier alpha value is -3.68. The van der Waals surface area contributed by atoms with E-state index in [1.54, 1.807) is 16.9 Å². The minimum Gasteiger partial charge on any atom is -0.384 e. The number of rotatable bonds is 3. The minimum atomic E-state index is -0.324. The summed E-state index contributed by atoms with van der Waals surface area (Å²) in [7, 11) is 0.